The van der Waals surface area contributed by atoms with Gasteiger partial charge in [0, 0.05) is 12.2 Å². The first kappa shape index (κ1) is 18.0. The molecule has 0 saturated carbocycles. The van der Waals surface area contributed by atoms with Gasteiger partial charge >= 0.3 is 0 Å². The van der Waals surface area contributed by atoms with E-state index in [1.807, 2.05) is 24.3 Å². The third-order valence-corrected chi connectivity index (χ3v) is 5.32. The summed E-state index contributed by atoms with van der Waals surface area (Å²) in [5.74, 6) is 3.38. The Kier molecular flexibility index (Phi) is 5.40. The Hall–Kier alpha value is -2.39. The Morgan fingerprint density at radius 1 is 1.26 bits per heavy atom. The van der Waals surface area contributed by atoms with E-state index in [4.69, 9.17) is 14.0 Å². The minimum atomic E-state index is 0.183. The van der Waals surface area contributed by atoms with Gasteiger partial charge in [0.1, 0.15) is 5.75 Å². The number of benzene rings is 1. The summed E-state index contributed by atoms with van der Waals surface area (Å²) in [5, 5.41) is 13.5. The standard InChI is InChI=1S/C18H21N5O3S/c1-12-19-16(26-22-12)11-27-18-21-20-17(13-5-7-14(24-2)8-6-13)23(18)10-15-4-3-9-25-15/h5-8,15H,3-4,9-11H2,1-2H3. The van der Waals surface area contributed by atoms with Gasteiger partial charge in [-0.2, -0.15) is 4.98 Å². The largest absolute Gasteiger partial charge is 0.497 e. The maximum absolute atomic E-state index is 5.83. The van der Waals surface area contributed by atoms with E-state index >= 15 is 0 Å². The van der Waals surface area contributed by atoms with Crippen molar-refractivity contribution in [3.63, 3.8) is 0 Å². The number of aromatic nitrogens is 5. The average Bonchev–Trinajstić information content (AvgIpc) is 3.43. The molecule has 142 valence electrons. The Bertz CT molecular complexity index is 887. The van der Waals surface area contributed by atoms with Crippen molar-refractivity contribution in [1.82, 2.24) is 24.9 Å². The first-order valence-corrected chi connectivity index (χ1v) is 9.82. The summed E-state index contributed by atoms with van der Waals surface area (Å²) in [6, 6.07) is 7.83. The molecule has 0 amide bonds. The Morgan fingerprint density at radius 2 is 2.11 bits per heavy atom. The minimum Gasteiger partial charge on any atom is -0.497 e. The van der Waals surface area contributed by atoms with E-state index in [1.165, 1.54) is 11.8 Å². The lowest BCUT2D eigenvalue weighted by molar-refractivity contribution is 0.0953. The van der Waals surface area contributed by atoms with E-state index < -0.39 is 0 Å². The normalized spacial score (nSPS) is 16.7. The minimum absolute atomic E-state index is 0.183. The van der Waals surface area contributed by atoms with E-state index in [0.29, 0.717) is 17.5 Å². The van der Waals surface area contributed by atoms with Crippen LogP contribution in [0.15, 0.2) is 33.9 Å². The van der Waals surface area contributed by atoms with Crippen LogP contribution in [-0.4, -0.2) is 44.7 Å². The molecule has 1 aliphatic rings. The molecule has 0 spiro atoms. The van der Waals surface area contributed by atoms with Crippen LogP contribution in [-0.2, 0) is 17.0 Å². The van der Waals surface area contributed by atoms with E-state index in [0.717, 1.165) is 48.3 Å². The SMILES string of the molecule is COc1ccc(-c2nnc(SCc3nc(C)no3)n2CC2CCCO2)cc1. The van der Waals surface area contributed by atoms with E-state index in [1.54, 1.807) is 14.0 Å². The van der Waals surface area contributed by atoms with Crippen molar-refractivity contribution in [3.8, 4) is 17.1 Å². The van der Waals surface area contributed by atoms with Gasteiger partial charge in [-0.3, -0.25) is 4.57 Å². The molecule has 2 aromatic heterocycles. The summed E-state index contributed by atoms with van der Waals surface area (Å²) in [4.78, 5) is 4.25. The first-order valence-electron chi connectivity index (χ1n) is 8.84. The van der Waals surface area contributed by atoms with Crippen molar-refractivity contribution in [2.75, 3.05) is 13.7 Å². The predicted octanol–water partition coefficient (Wildman–Crippen LogP) is 3.12. The summed E-state index contributed by atoms with van der Waals surface area (Å²) >= 11 is 1.53. The predicted molar refractivity (Wildman–Crippen MR) is 99.6 cm³/mol. The summed E-state index contributed by atoms with van der Waals surface area (Å²) in [6.07, 6.45) is 2.32. The van der Waals surface area contributed by atoms with Crippen molar-refractivity contribution in [2.45, 2.75) is 43.3 Å². The summed E-state index contributed by atoms with van der Waals surface area (Å²) < 4.78 is 18.4. The van der Waals surface area contributed by atoms with E-state index in [9.17, 15) is 0 Å². The Labute approximate surface area is 161 Å². The number of ether oxygens (including phenoxy) is 2. The van der Waals surface area contributed by atoms with Gasteiger partial charge in [0.25, 0.3) is 0 Å². The molecule has 0 aliphatic carbocycles. The van der Waals surface area contributed by atoms with Crippen molar-refractivity contribution in [3.05, 3.63) is 36.0 Å². The average molecular weight is 387 g/mol. The van der Waals surface area contributed by atoms with Crippen LogP contribution in [0, 0.1) is 6.92 Å². The molecule has 1 aromatic carbocycles. The fraction of sp³-hybridized carbons (Fsp3) is 0.444. The maximum atomic E-state index is 5.83. The molecule has 0 bridgehead atoms. The van der Waals surface area contributed by atoms with Crippen LogP contribution < -0.4 is 4.74 Å². The fourth-order valence-electron chi connectivity index (χ4n) is 3.03. The monoisotopic (exact) mass is 387 g/mol. The maximum Gasteiger partial charge on any atom is 0.237 e. The third kappa shape index (κ3) is 4.14. The second kappa shape index (κ2) is 8.10. The quantitative estimate of drug-likeness (QED) is 0.572. The lowest BCUT2D eigenvalue weighted by Crippen LogP contribution is -2.16. The molecule has 8 nitrogen and oxygen atoms in total. The highest BCUT2D eigenvalue weighted by molar-refractivity contribution is 7.98. The van der Waals surface area contributed by atoms with Crippen LogP contribution in [0.5, 0.6) is 5.75 Å². The Morgan fingerprint density at radius 3 is 2.78 bits per heavy atom. The van der Waals surface area contributed by atoms with Crippen molar-refractivity contribution < 1.29 is 14.0 Å². The van der Waals surface area contributed by atoms with Crippen LogP contribution in [0.1, 0.15) is 24.6 Å². The van der Waals surface area contributed by atoms with E-state index in [-0.39, 0.29) is 6.10 Å². The van der Waals surface area contributed by atoms with Gasteiger partial charge in [-0.1, -0.05) is 16.9 Å². The van der Waals surface area contributed by atoms with Crippen LogP contribution in [0.3, 0.4) is 0 Å². The number of hydrogen-bond donors (Lipinski definition) is 0. The van der Waals surface area contributed by atoms with Gasteiger partial charge in [-0.15, -0.1) is 10.2 Å². The number of nitrogens with zero attached hydrogens (tertiary/aromatic N) is 5. The molecule has 27 heavy (non-hydrogen) atoms. The fourth-order valence-corrected chi connectivity index (χ4v) is 3.82. The zero-order valence-corrected chi connectivity index (χ0v) is 16.1. The van der Waals surface area contributed by atoms with Gasteiger partial charge in [0.05, 0.1) is 25.5 Å². The van der Waals surface area contributed by atoms with Gasteiger partial charge < -0.3 is 14.0 Å². The van der Waals surface area contributed by atoms with Crippen LogP contribution in [0.25, 0.3) is 11.4 Å². The van der Waals surface area contributed by atoms with Crippen molar-refractivity contribution in [2.24, 2.45) is 0 Å². The summed E-state index contributed by atoms with van der Waals surface area (Å²) in [7, 11) is 1.66. The molecule has 1 fully saturated rings. The number of thioether (sulfide) groups is 1. The molecule has 0 N–H and O–H groups in total. The topological polar surface area (TPSA) is 88.1 Å². The zero-order valence-electron chi connectivity index (χ0n) is 15.3. The highest BCUT2D eigenvalue weighted by Gasteiger charge is 2.22. The molecule has 9 heteroatoms. The van der Waals surface area contributed by atoms with Crippen LogP contribution in [0.2, 0.25) is 0 Å². The molecular weight excluding hydrogens is 366 g/mol. The molecule has 1 saturated heterocycles. The number of hydrogen-bond acceptors (Lipinski definition) is 8. The molecular formula is C18H21N5O3S. The summed E-state index contributed by atoms with van der Waals surface area (Å²) in [6.45, 7) is 3.34. The molecule has 0 radical (unpaired) electrons. The van der Waals surface area contributed by atoms with Crippen LogP contribution >= 0.6 is 11.8 Å². The molecule has 1 atom stereocenters. The lowest BCUT2D eigenvalue weighted by Gasteiger charge is -2.14. The smallest absolute Gasteiger partial charge is 0.237 e. The molecule has 4 rings (SSSR count). The van der Waals surface area contributed by atoms with Crippen molar-refractivity contribution in [1.29, 1.82) is 0 Å². The number of aryl methyl sites for hydroxylation is 1. The number of methoxy groups -OCH3 is 1. The molecule has 1 aliphatic heterocycles. The highest BCUT2D eigenvalue weighted by Crippen LogP contribution is 2.29. The van der Waals surface area contributed by atoms with Crippen molar-refractivity contribution >= 4 is 11.8 Å². The Balaban J connectivity index is 1.60. The van der Waals surface area contributed by atoms with Crippen LogP contribution in [0.4, 0.5) is 0 Å². The molecule has 3 heterocycles. The second-order valence-electron chi connectivity index (χ2n) is 6.30. The lowest BCUT2D eigenvalue weighted by atomic mass is 10.2. The zero-order chi connectivity index (χ0) is 18.6. The molecule has 1 unspecified atom stereocenters. The highest BCUT2D eigenvalue weighted by atomic mass is 32.2. The van der Waals surface area contributed by atoms with E-state index in [2.05, 4.69) is 24.9 Å². The number of rotatable bonds is 7. The third-order valence-electron chi connectivity index (χ3n) is 4.37. The van der Waals surface area contributed by atoms with Gasteiger partial charge in [-0.05, 0) is 44.0 Å². The first-order chi connectivity index (χ1) is 13.2. The summed E-state index contributed by atoms with van der Waals surface area (Å²) in [5.41, 5.74) is 0.988. The van der Waals surface area contributed by atoms with Gasteiger partial charge in [0.2, 0.25) is 5.89 Å². The second-order valence-corrected chi connectivity index (χ2v) is 7.25. The molecule has 3 aromatic rings. The van der Waals surface area contributed by atoms with Gasteiger partial charge in [-0.25, -0.2) is 0 Å². The van der Waals surface area contributed by atoms with Gasteiger partial charge in [0.15, 0.2) is 16.8 Å².